The van der Waals surface area contributed by atoms with Crippen LogP contribution < -0.4 is 4.90 Å². The summed E-state index contributed by atoms with van der Waals surface area (Å²) in [7, 11) is 0. The summed E-state index contributed by atoms with van der Waals surface area (Å²) in [6.07, 6.45) is 3.64. The van der Waals surface area contributed by atoms with Gasteiger partial charge in [-0.1, -0.05) is 33.3 Å². The first-order chi connectivity index (χ1) is 13.2. The molecular weight excluding hydrogens is 444 g/mol. The summed E-state index contributed by atoms with van der Waals surface area (Å²) in [6, 6.07) is 17.1. The van der Waals surface area contributed by atoms with E-state index in [2.05, 4.69) is 15.9 Å². The summed E-state index contributed by atoms with van der Waals surface area (Å²) in [6.45, 7) is 0.330. The van der Waals surface area contributed by atoms with Crippen LogP contribution in [-0.4, -0.2) is 17.1 Å². The second kappa shape index (κ2) is 7.88. The Morgan fingerprint density at radius 3 is 2.70 bits per heavy atom. The van der Waals surface area contributed by atoms with Gasteiger partial charge < -0.3 is 4.42 Å². The molecule has 0 saturated heterocycles. The summed E-state index contributed by atoms with van der Waals surface area (Å²) >= 11 is 6.58. The third kappa shape index (κ3) is 3.81. The first kappa shape index (κ1) is 18.3. The number of fused-ring (bicyclic) bond motifs is 1. The number of thiazole rings is 1. The lowest BCUT2D eigenvalue weighted by Gasteiger charge is -2.18. The number of furan rings is 1. The average molecular weight is 459 g/mol. The lowest BCUT2D eigenvalue weighted by molar-refractivity contribution is 0.0983. The third-order valence-corrected chi connectivity index (χ3v) is 6.39. The van der Waals surface area contributed by atoms with Gasteiger partial charge in [-0.25, -0.2) is 4.98 Å². The molecule has 0 fully saturated rings. The van der Waals surface area contributed by atoms with Crippen molar-refractivity contribution in [2.45, 2.75) is 11.4 Å². The molecule has 0 saturated carbocycles. The predicted molar refractivity (Wildman–Crippen MR) is 115 cm³/mol. The molecule has 0 aliphatic rings. The van der Waals surface area contributed by atoms with Gasteiger partial charge >= 0.3 is 0 Å². The molecular formula is C20H15BrN2O2S2. The molecule has 0 N–H and O–H groups in total. The molecule has 2 heterocycles. The van der Waals surface area contributed by atoms with E-state index in [9.17, 15) is 4.79 Å². The van der Waals surface area contributed by atoms with Gasteiger partial charge in [-0.3, -0.25) is 9.69 Å². The topological polar surface area (TPSA) is 46.3 Å². The van der Waals surface area contributed by atoms with Crippen molar-refractivity contribution in [3.63, 3.8) is 0 Å². The Morgan fingerprint density at radius 2 is 2.00 bits per heavy atom. The zero-order valence-electron chi connectivity index (χ0n) is 14.4. The number of halogens is 1. The molecule has 0 spiro atoms. The summed E-state index contributed by atoms with van der Waals surface area (Å²) < 4.78 is 7.47. The van der Waals surface area contributed by atoms with E-state index in [1.54, 1.807) is 22.9 Å². The van der Waals surface area contributed by atoms with E-state index in [1.807, 2.05) is 60.9 Å². The van der Waals surface area contributed by atoms with Crippen molar-refractivity contribution in [1.29, 1.82) is 0 Å². The molecule has 2 aromatic carbocycles. The van der Waals surface area contributed by atoms with Crippen LogP contribution >= 0.6 is 39.0 Å². The maximum absolute atomic E-state index is 13.2. The summed E-state index contributed by atoms with van der Waals surface area (Å²) in [5.41, 5.74) is 1.53. The fraction of sp³-hybridized carbons (Fsp3) is 0.100. The highest BCUT2D eigenvalue weighted by molar-refractivity contribution is 9.10. The van der Waals surface area contributed by atoms with E-state index >= 15 is 0 Å². The number of benzene rings is 2. The van der Waals surface area contributed by atoms with Gasteiger partial charge in [-0.05, 0) is 54.8 Å². The molecule has 7 heteroatoms. The minimum absolute atomic E-state index is 0.108. The van der Waals surface area contributed by atoms with Crippen LogP contribution in [0.3, 0.4) is 0 Å². The SMILES string of the molecule is CSc1cccc2sc(N(Cc3ccco3)C(=O)c3ccc(Br)cc3)nc12. The summed E-state index contributed by atoms with van der Waals surface area (Å²) in [5.74, 6) is 0.605. The van der Waals surface area contributed by atoms with Crippen LogP contribution in [0.4, 0.5) is 5.13 Å². The average Bonchev–Trinajstić information content (AvgIpc) is 3.35. The number of hydrogen-bond acceptors (Lipinski definition) is 5. The van der Waals surface area contributed by atoms with Crippen LogP contribution in [-0.2, 0) is 6.54 Å². The molecule has 1 amide bonds. The molecule has 136 valence electrons. The van der Waals surface area contributed by atoms with Crippen LogP contribution in [0.5, 0.6) is 0 Å². The quantitative estimate of drug-likeness (QED) is 0.333. The predicted octanol–water partition coefficient (Wildman–Crippen LogP) is 6.22. The normalized spacial score (nSPS) is 11.0. The molecule has 4 nitrogen and oxygen atoms in total. The standard InChI is InChI=1S/C20H15BrN2O2S2/c1-26-16-5-2-6-17-18(16)22-20(27-17)23(12-15-4-3-11-25-15)19(24)13-7-9-14(21)10-8-13/h2-11H,12H2,1H3. The number of carbonyl (C=O) groups excluding carboxylic acids is 1. The van der Waals surface area contributed by atoms with E-state index in [0.29, 0.717) is 23.0 Å². The van der Waals surface area contributed by atoms with Crippen molar-refractivity contribution in [3.05, 3.63) is 76.7 Å². The Hall–Kier alpha value is -2.09. The Balaban J connectivity index is 1.78. The molecule has 2 aromatic heterocycles. The molecule has 0 unspecified atom stereocenters. The van der Waals surface area contributed by atoms with Crippen LogP contribution in [0.25, 0.3) is 10.2 Å². The van der Waals surface area contributed by atoms with Crippen molar-refractivity contribution in [3.8, 4) is 0 Å². The van der Waals surface area contributed by atoms with Gasteiger partial charge in [-0.2, -0.15) is 0 Å². The number of amides is 1. The molecule has 4 rings (SSSR count). The fourth-order valence-electron chi connectivity index (χ4n) is 2.72. The molecule has 27 heavy (non-hydrogen) atoms. The number of para-hydroxylation sites is 1. The Labute approximate surface area is 173 Å². The second-order valence-corrected chi connectivity index (χ2v) is 8.55. The maximum Gasteiger partial charge on any atom is 0.260 e. The number of carbonyl (C=O) groups is 1. The minimum atomic E-state index is -0.108. The van der Waals surface area contributed by atoms with E-state index in [4.69, 9.17) is 9.40 Å². The van der Waals surface area contributed by atoms with Gasteiger partial charge in [-0.15, -0.1) is 11.8 Å². The lowest BCUT2D eigenvalue weighted by atomic mass is 10.2. The largest absolute Gasteiger partial charge is 0.467 e. The fourth-order valence-corrected chi connectivity index (χ4v) is 4.61. The van der Waals surface area contributed by atoms with Crippen LogP contribution in [0, 0.1) is 0 Å². The van der Waals surface area contributed by atoms with Gasteiger partial charge in [0.05, 0.1) is 23.0 Å². The van der Waals surface area contributed by atoms with Crippen molar-refractivity contribution < 1.29 is 9.21 Å². The Bertz CT molecular complexity index is 1080. The molecule has 0 radical (unpaired) electrons. The van der Waals surface area contributed by atoms with Crippen molar-refractivity contribution in [2.24, 2.45) is 0 Å². The monoisotopic (exact) mass is 458 g/mol. The van der Waals surface area contributed by atoms with Crippen molar-refractivity contribution in [2.75, 3.05) is 11.2 Å². The highest BCUT2D eigenvalue weighted by atomic mass is 79.9. The zero-order chi connectivity index (χ0) is 18.8. The Kier molecular flexibility index (Phi) is 5.33. The smallest absolute Gasteiger partial charge is 0.260 e. The van der Waals surface area contributed by atoms with Gasteiger partial charge in [0.2, 0.25) is 0 Å². The number of nitrogens with zero attached hydrogens (tertiary/aromatic N) is 2. The first-order valence-electron chi connectivity index (χ1n) is 8.19. The van der Waals surface area contributed by atoms with Gasteiger partial charge in [0, 0.05) is 14.9 Å². The highest BCUT2D eigenvalue weighted by Gasteiger charge is 2.23. The number of aromatic nitrogens is 1. The van der Waals surface area contributed by atoms with E-state index in [-0.39, 0.29) is 5.91 Å². The number of rotatable bonds is 5. The number of hydrogen-bond donors (Lipinski definition) is 0. The molecule has 0 bridgehead atoms. The summed E-state index contributed by atoms with van der Waals surface area (Å²) in [5, 5.41) is 0.663. The van der Waals surface area contributed by atoms with Gasteiger partial charge in [0.1, 0.15) is 5.76 Å². The molecule has 0 atom stereocenters. The molecule has 4 aromatic rings. The molecule has 0 aliphatic carbocycles. The third-order valence-electron chi connectivity index (χ3n) is 4.05. The van der Waals surface area contributed by atoms with Crippen LogP contribution in [0.15, 0.2) is 74.6 Å². The van der Waals surface area contributed by atoms with E-state index < -0.39 is 0 Å². The van der Waals surface area contributed by atoms with Gasteiger partial charge in [0.25, 0.3) is 5.91 Å². The van der Waals surface area contributed by atoms with Crippen LogP contribution in [0.2, 0.25) is 0 Å². The number of thioether (sulfide) groups is 1. The lowest BCUT2D eigenvalue weighted by Crippen LogP contribution is -2.30. The zero-order valence-corrected chi connectivity index (χ0v) is 17.6. The van der Waals surface area contributed by atoms with E-state index in [0.717, 1.165) is 19.6 Å². The van der Waals surface area contributed by atoms with Crippen molar-refractivity contribution in [1.82, 2.24) is 4.98 Å². The van der Waals surface area contributed by atoms with Gasteiger partial charge in [0.15, 0.2) is 5.13 Å². The maximum atomic E-state index is 13.2. The Morgan fingerprint density at radius 1 is 1.19 bits per heavy atom. The van der Waals surface area contributed by atoms with Crippen LogP contribution in [0.1, 0.15) is 16.1 Å². The van der Waals surface area contributed by atoms with E-state index in [1.165, 1.54) is 11.3 Å². The molecule has 0 aliphatic heterocycles. The number of anilines is 1. The summed E-state index contributed by atoms with van der Waals surface area (Å²) in [4.78, 5) is 20.8. The first-order valence-corrected chi connectivity index (χ1v) is 11.0. The highest BCUT2D eigenvalue weighted by Crippen LogP contribution is 2.35. The second-order valence-electron chi connectivity index (χ2n) is 5.78. The minimum Gasteiger partial charge on any atom is -0.467 e. The van der Waals surface area contributed by atoms with Crippen molar-refractivity contribution >= 4 is 60.3 Å².